The lowest BCUT2D eigenvalue weighted by Crippen LogP contribution is -2.61. The van der Waals surface area contributed by atoms with E-state index in [1.807, 2.05) is 0 Å². The molecule has 0 unspecified atom stereocenters. The molecule has 56 heteroatoms. The Kier molecular flexibility index (Phi) is 52.5. The van der Waals surface area contributed by atoms with E-state index in [-0.39, 0.29) is 139 Å². The van der Waals surface area contributed by atoms with Crippen molar-refractivity contribution in [3.8, 4) is 11.5 Å². The molecule has 0 radical (unpaired) electrons. The first kappa shape index (κ1) is 123. The van der Waals surface area contributed by atoms with Gasteiger partial charge in [-0.2, -0.15) is 0 Å². The maximum Gasteiger partial charge on any atom is 0.524 e. The van der Waals surface area contributed by atoms with Crippen molar-refractivity contribution in [2.24, 2.45) is 46.4 Å². The van der Waals surface area contributed by atoms with Crippen molar-refractivity contribution >= 4 is 140 Å². The van der Waals surface area contributed by atoms with E-state index in [1.165, 1.54) is 30.9 Å². The normalized spacial score (nSPS) is 16.3. The third-order valence-electron chi connectivity index (χ3n) is 23.0. The van der Waals surface area contributed by atoms with Gasteiger partial charge in [0.25, 0.3) is 0 Å². The summed E-state index contributed by atoms with van der Waals surface area (Å²) in [6.07, 6.45) is -7.58. The summed E-state index contributed by atoms with van der Waals surface area (Å²) in [7, 11) is -10.4. The van der Waals surface area contributed by atoms with Gasteiger partial charge >= 0.3 is 45.5 Å². The van der Waals surface area contributed by atoms with E-state index < -0.39 is 332 Å². The second-order valence-corrected chi connectivity index (χ2v) is 38.2. The zero-order valence-electron chi connectivity index (χ0n) is 80.8. The molecule has 0 aliphatic carbocycles. The summed E-state index contributed by atoms with van der Waals surface area (Å²) >= 11 is 0. The van der Waals surface area contributed by atoms with Gasteiger partial charge in [-0.3, -0.25) is 115 Å². The SMILES string of the molecule is CC(C)C[C@H](NC(=O)[C@@H](N)C(C)C)C(=O)N1CCC[C@H]1C(=O)N[C@@H](CCC(N)=O)C(=O)N[C@@H](CC(=O)O)C(=O)N[C@@H](CCCCN)C(=O)N[C@@H](CCC(=O)O)C(=O)N[C@@H](Cc1ccc(OP(=O)(O)O)cc1)C(=O)N[C@@H](Cc1ccc(OP(=O)(O)O)cc1)C(=O)N[C@@H](CCCCN)C(=O)N[C@H](C(=O)N[C@@H](CCCCN)C(=O)N[C@@H](CCC(=O)O)C(=O)N1CCC[C@H]1C(=O)NCC(=O)N[C@@H](CCC(=O)O)C(=O)O)C(C)C. The predicted octanol–water partition coefficient (Wildman–Crippen LogP) is -5.18. The Morgan fingerprint density at radius 2 is 0.722 bits per heavy atom. The number of phosphoric ester groups is 2. The number of likely N-dealkylation sites (tertiary alicyclic amines) is 2. The number of amides is 16. The third-order valence-corrected chi connectivity index (χ3v) is 23.9. The molecule has 0 spiro atoms. The van der Waals surface area contributed by atoms with Crippen LogP contribution in [0.4, 0.5) is 0 Å². The quantitative estimate of drug-likeness (QED) is 0.0217. The Balaban J connectivity index is 1.78. The van der Waals surface area contributed by atoms with Crippen LogP contribution in [-0.4, -0.2) is 309 Å². The number of carbonyl (C=O) groups is 21. The highest BCUT2D eigenvalue weighted by atomic mass is 31.2. The number of nitrogens with two attached hydrogens (primary N) is 5. The van der Waals surface area contributed by atoms with Gasteiger partial charge in [-0.05, 0) is 188 Å². The Labute approximate surface area is 828 Å². The number of nitrogens with one attached hydrogen (secondary N) is 13. The van der Waals surface area contributed by atoms with Crippen LogP contribution in [0.25, 0.3) is 0 Å². The van der Waals surface area contributed by atoms with Crippen molar-refractivity contribution in [3.63, 3.8) is 0 Å². The zero-order valence-corrected chi connectivity index (χ0v) is 82.6. The van der Waals surface area contributed by atoms with Crippen LogP contribution < -0.4 is 107 Å². The van der Waals surface area contributed by atoms with Crippen molar-refractivity contribution in [2.75, 3.05) is 39.3 Å². The second kappa shape index (κ2) is 61.2. The molecule has 144 heavy (non-hydrogen) atoms. The highest BCUT2D eigenvalue weighted by Crippen LogP contribution is 2.39. The van der Waals surface area contributed by atoms with Gasteiger partial charge in [0.05, 0.1) is 19.0 Å². The minimum Gasteiger partial charge on any atom is -0.481 e. The molecule has 2 aliphatic rings. The molecule has 0 saturated carbocycles. The van der Waals surface area contributed by atoms with Crippen molar-refractivity contribution in [1.82, 2.24) is 78.9 Å². The van der Waals surface area contributed by atoms with Crippen LogP contribution in [0.15, 0.2) is 48.5 Å². The number of primary amides is 1. The van der Waals surface area contributed by atoms with E-state index in [1.54, 1.807) is 27.7 Å². The average Bonchev–Trinajstić information content (AvgIpc) is 1.68. The fourth-order valence-electron chi connectivity index (χ4n) is 15.4. The molecule has 2 heterocycles. The Hall–Kier alpha value is -12.9. The summed E-state index contributed by atoms with van der Waals surface area (Å²) in [6, 6.07) is -16.1. The van der Waals surface area contributed by atoms with E-state index in [9.17, 15) is 131 Å². The standard InChI is InChI=1S/C88H138N20O34P2/c1-46(2)41-63(105-84(129)72(93)47(3)4)87(132)108-40-14-19-65(108)83(128)99-56(28-32-66(92)109)76(121)104-62(44-71(117)118)81(126)96-53(15-7-10-36-89)74(119)98-57(29-33-68(111)112)77(122)102-61(43-50-22-26-52(27-23-50)142-144(138,139)140)80(125)103-60(42-49-20-24-51(25-21-49)141-143(135,136)137)79(124)97-55(17-9-12-38-91)78(123)106-73(48(5)6)85(130)100-54(16-8-11-37-90)75(120)101-58(30-34-69(113)114)86(131)107-39-13-18-64(107)82(127)94-45-67(110)95-59(88(133)134)31-35-70(115)116/h20-27,46-48,53-65,72-73H,7-19,28-45,89-91,93H2,1-6H3,(H2,92,109)(H,94,127)(H,95,110)(H,96,126)(H,97,124)(H,98,119)(H,99,128)(H,100,130)(H,101,120)(H,102,122)(H,103,125)(H,104,121)(H,105,129)(H,106,123)(H,111,112)(H,113,114)(H,115,116)(H,117,118)(H,133,134)(H2,135,136,137)(H2,138,139,140)/t53-,54-,55-,56-,57-,58-,59-,60-,61-,62-,63-,64-,65-,72-,73-/m0/s1. The molecular formula is C88H138N20O34P2. The lowest BCUT2D eigenvalue weighted by Gasteiger charge is -2.31. The number of carboxylic acid groups (broad SMARTS) is 5. The van der Waals surface area contributed by atoms with Gasteiger partial charge in [0, 0.05) is 51.6 Å². The van der Waals surface area contributed by atoms with Gasteiger partial charge in [0.2, 0.25) is 94.5 Å². The summed E-state index contributed by atoms with van der Waals surface area (Å²) in [6.45, 7) is 9.03. The van der Waals surface area contributed by atoms with Crippen LogP contribution in [0.1, 0.15) is 200 Å². The van der Waals surface area contributed by atoms with Gasteiger partial charge < -0.3 is 142 Å². The zero-order chi connectivity index (χ0) is 108. The van der Waals surface area contributed by atoms with Crippen molar-refractivity contribution < 1.29 is 164 Å². The molecule has 2 saturated heterocycles. The Bertz CT molecular complexity index is 4870. The van der Waals surface area contributed by atoms with E-state index >= 15 is 19.2 Å². The fourth-order valence-corrected chi connectivity index (χ4v) is 16.2. The first-order valence-corrected chi connectivity index (χ1v) is 50.1. The van der Waals surface area contributed by atoms with Crippen molar-refractivity contribution in [1.29, 1.82) is 0 Å². The van der Waals surface area contributed by atoms with Crippen LogP contribution >= 0.6 is 15.6 Å². The van der Waals surface area contributed by atoms with Gasteiger partial charge in [0.1, 0.15) is 96.1 Å². The Morgan fingerprint density at radius 1 is 0.382 bits per heavy atom. The largest absolute Gasteiger partial charge is 0.524 e. The lowest BCUT2D eigenvalue weighted by atomic mass is 9.99. The van der Waals surface area contributed by atoms with Gasteiger partial charge in [-0.25, -0.2) is 13.9 Å². The first-order valence-electron chi connectivity index (χ1n) is 47.0. The van der Waals surface area contributed by atoms with Gasteiger partial charge in [0.15, 0.2) is 0 Å². The maximum absolute atomic E-state index is 15.4. The molecule has 4 rings (SSSR count). The predicted molar refractivity (Wildman–Crippen MR) is 506 cm³/mol. The molecule has 54 nitrogen and oxygen atoms in total. The van der Waals surface area contributed by atoms with Gasteiger partial charge in [-0.1, -0.05) is 65.8 Å². The topological polar surface area (TPSA) is 886 Å². The lowest BCUT2D eigenvalue weighted by molar-refractivity contribution is -0.144. The molecule has 804 valence electrons. The number of phosphoric acid groups is 2. The number of rotatable bonds is 67. The molecule has 2 aliphatic heterocycles. The summed E-state index contributed by atoms with van der Waals surface area (Å²) in [4.78, 5) is 330. The molecule has 16 amide bonds. The monoisotopic (exact) mass is 2080 g/mol. The number of carboxylic acids is 5. The van der Waals surface area contributed by atoms with Crippen molar-refractivity contribution in [2.45, 2.75) is 293 Å². The number of nitrogens with zero attached hydrogens (tertiary/aromatic N) is 2. The molecule has 2 aromatic rings. The van der Waals surface area contributed by atoms with Crippen LogP contribution in [0.2, 0.25) is 0 Å². The molecule has 0 bridgehead atoms. The molecule has 0 aromatic heterocycles. The van der Waals surface area contributed by atoms with E-state index in [0.717, 1.165) is 41.3 Å². The van der Waals surface area contributed by atoms with Crippen LogP contribution in [0, 0.1) is 17.8 Å². The Morgan fingerprint density at radius 3 is 1.10 bits per heavy atom. The minimum absolute atomic E-state index is 0.0125. The summed E-state index contributed by atoms with van der Waals surface area (Å²) in [5, 5.41) is 80.2. The highest BCUT2D eigenvalue weighted by Gasteiger charge is 2.44. The molecular weight excluding hydrogens is 1940 g/mol. The average molecular weight is 2080 g/mol. The van der Waals surface area contributed by atoms with E-state index in [0.29, 0.717) is 0 Å². The molecule has 32 N–H and O–H groups in total. The maximum atomic E-state index is 15.4. The van der Waals surface area contributed by atoms with Crippen LogP contribution in [-0.2, 0) is 123 Å². The number of aliphatic carboxylic acids is 5. The number of carbonyl (C=O) groups excluding carboxylic acids is 16. The fraction of sp³-hybridized carbons (Fsp3) is 0.625. The summed E-state index contributed by atoms with van der Waals surface area (Å²) in [5.74, 6) is -27.2. The molecule has 2 fully saturated rings. The highest BCUT2D eigenvalue weighted by molar-refractivity contribution is 7.47. The summed E-state index contributed by atoms with van der Waals surface area (Å²) in [5.41, 5.74) is 29.2. The smallest absolute Gasteiger partial charge is 0.481 e. The number of hydrogen-bond acceptors (Lipinski definition) is 29. The summed E-state index contributed by atoms with van der Waals surface area (Å²) < 4.78 is 33.3. The van der Waals surface area contributed by atoms with Crippen LogP contribution in [0.3, 0.4) is 0 Å². The third kappa shape index (κ3) is 44.9. The second-order valence-electron chi connectivity index (χ2n) is 35.9. The minimum atomic E-state index is -5.23. The number of unbranched alkanes of at least 4 members (excludes halogenated alkanes) is 3. The van der Waals surface area contributed by atoms with Crippen molar-refractivity contribution in [3.05, 3.63) is 59.7 Å². The molecule has 15 atom stereocenters. The number of hydrogen-bond donors (Lipinski definition) is 27. The van der Waals surface area contributed by atoms with Gasteiger partial charge in [-0.15, -0.1) is 0 Å². The van der Waals surface area contributed by atoms with Crippen LogP contribution in [0.5, 0.6) is 11.5 Å². The van der Waals surface area contributed by atoms with E-state index in [4.69, 9.17) is 42.8 Å². The van der Waals surface area contributed by atoms with E-state index in [2.05, 4.69) is 69.1 Å². The number of benzene rings is 2. The molecule has 2 aromatic carbocycles. The first-order chi connectivity index (χ1) is 67.5.